The summed E-state index contributed by atoms with van der Waals surface area (Å²) in [6.45, 7) is 13.7. The molecule has 2 aliphatic rings. The van der Waals surface area contributed by atoms with Crippen LogP contribution < -0.4 is 15.7 Å². The minimum atomic E-state index is -0.175. The number of nitrogens with zero attached hydrogens (tertiary/aromatic N) is 2. The molecule has 12 aromatic rings. The zero-order valence-corrected chi connectivity index (χ0v) is 36.3. The van der Waals surface area contributed by atoms with Crippen LogP contribution in [0.2, 0.25) is 0 Å². The minimum absolute atomic E-state index is 0.0156. The van der Waals surface area contributed by atoms with Crippen LogP contribution in [0.4, 0.5) is 11.4 Å². The van der Waals surface area contributed by atoms with Crippen molar-refractivity contribution in [2.45, 2.75) is 52.4 Å². The van der Waals surface area contributed by atoms with Crippen molar-refractivity contribution >= 4 is 126 Å². The lowest BCUT2D eigenvalue weighted by Gasteiger charge is -2.42. The first-order chi connectivity index (χ1) is 30.0. The summed E-state index contributed by atoms with van der Waals surface area (Å²) >= 11 is 1.89. The maximum Gasteiger partial charge on any atom is 0.333 e. The van der Waals surface area contributed by atoms with Crippen LogP contribution in [0.5, 0.6) is 0 Å². The Hall–Kier alpha value is -6.76. The second-order valence-electron chi connectivity index (χ2n) is 19.7. The van der Waals surface area contributed by atoms with E-state index in [1.165, 1.54) is 75.1 Å². The van der Waals surface area contributed by atoms with Crippen LogP contribution in [-0.2, 0) is 10.8 Å². The summed E-state index contributed by atoms with van der Waals surface area (Å²) in [5.41, 5.74) is 17.0. The van der Waals surface area contributed by atoms with Gasteiger partial charge in [0.2, 0.25) is 0 Å². The summed E-state index contributed by atoms with van der Waals surface area (Å²) < 4.78 is 19.2. The van der Waals surface area contributed by atoms with Gasteiger partial charge in [-0.15, -0.1) is 11.3 Å². The van der Waals surface area contributed by atoms with Gasteiger partial charge in [0.1, 0.15) is 22.3 Å². The van der Waals surface area contributed by atoms with Gasteiger partial charge in [-0.05, 0) is 93.5 Å². The molecular weight excluding hydrogens is 776 g/mol. The Morgan fingerprint density at radius 1 is 0.516 bits per heavy atom. The number of aromatic nitrogens is 1. The topological polar surface area (TPSA) is 34.5 Å². The third-order valence-electron chi connectivity index (χ3n) is 14.1. The fourth-order valence-corrected chi connectivity index (χ4v) is 12.2. The van der Waals surface area contributed by atoms with Crippen molar-refractivity contribution in [1.82, 2.24) is 4.57 Å². The predicted octanol–water partition coefficient (Wildman–Crippen LogP) is 14.8. The molecule has 6 heterocycles. The molecular formula is C56H41BN2O2S. The molecule has 0 bridgehead atoms. The highest BCUT2D eigenvalue weighted by Crippen LogP contribution is 2.53. The number of hydrogen-bond acceptors (Lipinski definition) is 4. The van der Waals surface area contributed by atoms with Gasteiger partial charge >= 0.3 is 6.85 Å². The second-order valence-corrected chi connectivity index (χ2v) is 20.8. The van der Waals surface area contributed by atoms with Gasteiger partial charge in [-0.3, -0.25) is 0 Å². The van der Waals surface area contributed by atoms with Crippen molar-refractivity contribution in [2.24, 2.45) is 0 Å². The molecule has 0 radical (unpaired) electrons. The van der Waals surface area contributed by atoms with Crippen LogP contribution in [0.25, 0.3) is 103 Å². The Labute approximate surface area is 362 Å². The molecule has 4 nitrogen and oxygen atoms in total. The molecule has 4 aromatic heterocycles. The van der Waals surface area contributed by atoms with Crippen LogP contribution in [0, 0.1) is 0 Å². The smallest absolute Gasteiger partial charge is 0.333 e. The molecule has 62 heavy (non-hydrogen) atoms. The third kappa shape index (κ3) is 4.42. The van der Waals surface area contributed by atoms with Gasteiger partial charge in [0.25, 0.3) is 0 Å². The van der Waals surface area contributed by atoms with Gasteiger partial charge < -0.3 is 18.2 Å². The standard InChI is InChI=1S/C56H41BN2O2S/c1-55(2,3)30-19-22-32(23-20-30)59-42-27-36-33-13-7-10-16-44(33)60-46(36)28-39(42)51-52-53-49(50-35-15-8-11-17-45(35)61-54(50)51)38-25-31(56(4,5)6)21-24-41(38)58(53)43-29-48-37(26-40(43)57(52)59)34-14-9-12-18-47(34)62-48/h7-29H,1-6H3. The molecule has 2 aliphatic heterocycles. The van der Waals surface area contributed by atoms with Crippen LogP contribution in [0.3, 0.4) is 0 Å². The van der Waals surface area contributed by atoms with Crippen molar-refractivity contribution in [1.29, 1.82) is 0 Å². The average molecular weight is 817 g/mol. The van der Waals surface area contributed by atoms with Gasteiger partial charge in [-0.1, -0.05) is 120 Å². The number of para-hydroxylation sites is 2. The van der Waals surface area contributed by atoms with Crippen LogP contribution >= 0.6 is 11.3 Å². The van der Waals surface area contributed by atoms with Gasteiger partial charge in [0.05, 0.1) is 11.0 Å². The fourth-order valence-electron chi connectivity index (χ4n) is 11.1. The maximum absolute atomic E-state index is 7.26. The molecule has 0 saturated carbocycles. The van der Waals surface area contributed by atoms with E-state index in [1.807, 2.05) is 11.3 Å². The summed E-state index contributed by atoms with van der Waals surface area (Å²) in [4.78, 5) is 2.64. The first-order valence-electron chi connectivity index (χ1n) is 21.8. The van der Waals surface area contributed by atoms with Gasteiger partial charge in [0.15, 0.2) is 0 Å². The summed E-state index contributed by atoms with van der Waals surface area (Å²) in [6, 6.07) is 52.3. The molecule has 0 aliphatic carbocycles. The maximum atomic E-state index is 7.26. The summed E-state index contributed by atoms with van der Waals surface area (Å²) in [6.07, 6.45) is 0. The molecule has 296 valence electrons. The molecule has 0 unspecified atom stereocenters. The summed E-state index contributed by atoms with van der Waals surface area (Å²) in [5, 5.41) is 9.66. The number of anilines is 2. The lowest BCUT2D eigenvalue weighted by atomic mass is 9.43. The molecule has 0 atom stereocenters. The average Bonchev–Trinajstić information content (AvgIpc) is 4.02. The molecule has 14 rings (SSSR count). The van der Waals surface area contributed by atoms with Crippen LogP contribution in [0.1, 0.15) is 52.7 Å². The molecule has 0 saturated heterocycles. The van der Waals surface area contributed by atoms with Crippen molar-refractivity contribution in [3.8, 4) is 16.8 Å². The Morgan fingerprint density at radius 2 is 1.21 bits per heavy atom. The van der Waals surface area contributed by atoms with E-state index >= 15 is 0 Å². The monoisotopic (exact) mass is 816 g/mol. The number of hydrogen-bond donors (Lipinski definition) is 0. The fraction of sp³-hybridized carbons (Fsp3) is 0.143. The first kappa shape index (κ1) is 34.9. The Bertz CT molecular complexity index is 3960. The number of rotatable bonds is 1. The highest BCUT2D eigenvalue weighted by molar-refractivity contribution is 7.26. The third-order valence-corrected chi connectivity index (χ3v) is 15.2. The molecule has 8 aromatic carbocycles. The second kappa shape index (κ2) is 11.6. The quantitative estimate of drug-likeness (QED) is 0.155. The van der Waals surface area contributed by atoms with Crippen molar-refractivity contribution in [3.63, 3.8) is 0 Å². The lowest BCUT2D eigenvalue weighted by molar-refractivity contribution is 0.590. The van der Waals surface area contributed by atoms with E-state index in [0.717, 1.165) is 61.0 Å². The minimum Gasteiger partial charge on any atom is -0.456 e. The number of thiophene rings is 1. The normalized spacial score (nSPS) is 13.9. The van der Waals surface area contributed by atoms with E-state index in [2.05, 4.69) is 190 Å². The first-order valence-corrected chi connectivity index (χ1v) is 22.6. The lowest BCUT2D eigenvalue weighted by Crippen LogP contribution is -2.60. The number of furan rings is 2. The number of fused-ring (bicyclic) bond motifs is 19. The predicted molar refractivity (Wildman–Crippen MR) is 265 cm³/mol. The molecule has 0 fully saturated rings. The highest BCUT2D eigenvalue weighted by atomic mass is 32.1. The van der Waals surface area contributed by atoms with E-state index in [4.69, 9.17) is 8.83 Å². The van der Waals surface area contributed by atoms with Crippen molar-refractivity contribution in [2.75, 3.05) is 4.81 Å². The van der Waals surface area contributed by atoms with Gasteiger partial charge in [0, 0.05) is 80.7 Å². The molecule has 0 N–H and O–H groups in total. The van der Waals surface area contributed by atoms with E-state index in [1.54, 1.807) is 0 Å². The van der Waals surface area contributed by atoms with E-state index in [0.29, 0.717) is 0 Å². The summed E-state index contributed by atoms with van der Waals surface area (Å²) in [7, 11) is 0. The van der Waals surface area contributed by atoms with Crippen LogP contribution in [0.15, 0.2) is 148 Å². The van der Waals surface area contributed by atoms with E-state index in [9.17, 15) is 0 Å². The molecule has 0 spiro atoms. The Balaban J connectivity index is 1.24. The zero-order valence-electron chi connectivity index (χ0n) is 35.5. The zero-order chi connectivity index (χ0) is 41.6. The van der Waals surface area contributed by atoms with Gasteiger partial charge in [-0.25, -0.2) is 0 Å². The number of benzene rings is 8. The van der Waals surface area contributed by atoms with Gasteiger partial charge in [-0.2, -0.15) is 0 Å². The van der Waals surface area contributed by atoms with Crippen molar-refractivity contribution in [3.05, 3.63) is 151 Å². The highest BCUT2D eigenvalue weighted by Gasteiger charge is 2.46. The molecule has 0 amide bonds. The van der Waals surface area contributed by atoms with E-state index < -0.39 is 0 Å². The van der Waals surface area contributed by atoms with Crippen LogP contribution in [-0.4, -0.2) is 11.4 Å². The Morgan fingerprint density at radius 3 is 1.98 bits per heavy atom. The molecule has 6 heteroatoms. The summed E-state index contributed by atoms with van der Waals surface area (Å²) in [5.74, 6) is 0. The van der Waals surface area contributed by atoms with Crippen molar-refractivity contribution < 1.29 is 8.83 Å². The Kier molecular flexibility index (Phi) is 6.52. The largest absolute Gasteiger partial charge is 0.456 e. The SMILES string of the molecule is CC(C)(C)c1ccc(N2B3c4cc5c(cc4-n4c6ccc(C(C)(C)C)cc6c6c7c(oc8ccccc87)c(c3c64)-c3cc4oc6ccccc6c4cc32)sc2ccccc25)cc1. The van der Waals surface area contributed by atoms with E-state index in [-0.39, 0.29) is 17.7 Å².